The van der Waals surface area contributed by atoms with Crippen LogP contribution in [0.3, 0.4) is 0 Å². The highest BCUT2D eigenvalue weighted by Gasteiger charge is 2.31. The van der Waals surface area contributed by atoms with Crippen molar-refractivity contribution < 1.29 is 27.4 Å². The number of morpholine rings is 1. The van der Waals surface area contributed by atoms with Crippen LogP contribution in [0.1, 0.15) is 34.1 Å². The molecule has 3 rings (SSSR count). The molecule has 11 heteroatoms. The van der Waals surface area contributed by atoms with Crippen molar-refractivity contribution in [2.24, 2.45) is 11.5 Å². The second-order valence-corrected chi connectivity index (χ2v) is 7.77. The van der Waals surface area contributed by atoms with Crippen LogP contribution in [0.15, 0.2) is 54.2 Å². The third kappa shape index (κ3) is 6.66. The van der Waals surface area contributed by atoms with Gasteiger partial charge in [0.25, 0.3) is 5.91 Å². The number of hydrogen-bond donors (Lipinski definition) is 3. The van der Waals surface area contributed by atoms with E-state index < -0.39 is 17.6 Å². The quantitative estimate of drug-likeness (QED) is 0.401. The fraction of sp³-hybridized carbons (Fsp3) is 0.333. The molecule has 1 aliphatic heterocycles. The Kier molecular flexibility index (Phi) is 8.23. The summed E-state index contributed by atoms with van der Waals surface area (Å²) in [6, 6.07) is 5.79. The van der Waals surface area contributed by atoms with Crippen LogP contribution in [0.5, 0.6) is 0 Å². The van der Waals surface area contributed by atoms with Gasteiger partial charge in [-0.3, -0.25) is 9.78 Å². The summed E-state index contributed by atoms with van der Waals surface area (Å²) < 4.78 is 49.9. The highest BCUT2D eigenvalue weighted by Crippen LogP contribution is 2.30. The number of nitrogens with two attached hydrogens (primary N) is 2. The second-order valence-electron chi connectivity index (χ2n) is 7.77. The van der Waals surface area contributed by atoms with Crippen LogP contribution < -0.4 is 16.8 Å². The van der Waals surface area contributed by atoms with Crippen LogP contribution in [-0.4, -0.2) is 48.7 Å². The number of carbonyl (C=O) groups excluding carboxylic acids is 1. The molecule has 1 saturated heterocycles. The minimum Gasteiger partial charge on any atom is -0.478 e. The Bertz CT molecular complexity index is 1130. The van der Waals surface area contributed by atoms with Crippen molar-refractivity contribution in [1.29, 1.82) is 0 Å². The molecule has 8 nitrogen and oxygen atoms in total. The summed E-state index contributed by atoms with van der Waals surface area (Å²) in [6.07, 6.45) is -1.47. The Morgan fingerprint density at radius 1 is 1.26 bits per heavy atom. The van der Waals surface area contributed by atoms with E-state index in [-0.39, 0.29) is 17.1 Å². The van der Waals surface area contributed by atoms with Gasteiger partial charge in [-0.05, 0) is 44.2 Å². The fourth-order valence-electron chi connectivity index (χ4n) is 3.51. The van der Waals surface area contributed by atoms with Gasteiger partial charge in [-0.1, -0.05) is 6.07 Å². The molecule has 0 aliphatic carbocycles. The summed E-state index contributed by atoms with van der Waals surface area (Å²) in [4.78, 5) is 18.9. The summed E-state index contributed by atoms with van der Waals surface area (Å²) in [5, 5.41) is 2.58. The lowest BCUT2D eigenvalue weighted by Gasteiger charge is -2.30. The molecule has 0 atom stereocenters. The monoisotopic (exact) mass is 491 g/mol. The Morgan fingerprint density at radius 3 is 2.63 bits per heavy atom. The van der Waals surface area contributed by atoms with Crippen molar-refractivity contribution >= 4 is 17.3 Å². The number of ether oxygens (including phenoxy) is 2. The molecule has 0 unspecified atom stereocenters. The second kappa shape index (κ2) is 11.1. The summed E-state index contributed by atoms with van der Waals surface area (Å²) in [6.45, 7) is 6.24. The molecule has 0 bridgehead atoms. The average Bonchev–Trinajstić information content (AvgIpc) is 2.83. The number of carbonyl (C=O) groups is 1. The zero-order valence-electron chi connectivity index (χ0n) is 19.5. The Hall–Kier alpha value is -3.73. The lowest BCUT2D eigenvalue weighted by molar-refractivity contribution is -0.137. The highest BCUT2D eigenvalue weighted by atomic mass is 19.4. The number of benzene rings is 1. The van der Waals surface area contributed by atoms with E-state index in [1.165, 1.54) is 18.3 Å². The summed E-state index contributed by atoms with van der Waals surface area (Å²) in [7, 11) is 0. The summed E-state index contributed by atoms with van der Waals surface area (Å²) >= 11 is 0. The zero-order valence-corrected chi connectivity index (χ0v) is 19.5. The predicted octanol–water partition coefficient (Wildman–Crippen LogP) is 3.46. The van der Waals surface area contributed by atoms with E-state index in [0.29, 0.717) is 55.6 Å². The van der Waals surface area contributed by atoms with Crippen LogP contribution in [0.25, 0.3) is 5.70 Å². The fourth-order valence-corrected chi connectivity index (χ4v) is 3.51. The number of amides is 1. The number of rotatable bonds is 7. The van der Waals surface area contributed by atoms with Gasteiger partial charge in [0.15, 0.2) is 0 Å². The Morgan fingerprint density at radius 2 is 1.97 bits per heavy atom. The van der Waals surface area contributed by atoms with Gasteiger partial charge in [0.1, 0.15) is 0 Å². The smallest absolute Gasteiger partial charge is 0.416 e. The number of nitrogens with one attached hydrogen (secondary N) is 1. The number of anilines is 1. The Balaban J connectivity index is 1.88. The van der Waals surface area contributed by atoms with Crippen molar-refractivity contribution in [3.05, 3.63) is 76.6 Å². The van der Waals surface area contributed by atoms with Gasteiger partial charge in [-0.25, -0.2) is 0 Å². The molecule has 1 amide bonds. The number of pyridine rings is 1. The molecule has 1 aromatic carbocycles. The molecule has 1 fully saturated rings. The van der Waals surface area contributed by atoms with E-state index in [1.54, 1.807) is 19.1 Å². The molecule has 0 radical (unpaired) electrons. The minimum atomic E-state index is -4.55. The molecule has 0 spiro atoms. The Labute approximate surface area is 201 Å². The van der Waals surface area contributed by atoms with Crippen LogP contribution >= 0.6 is 0 Å². The molecule has 188 valence electrons. The standard InChI is InChI=1S/C24H28F3N5O3/c1-3-35-22(29)21(32-7-9-34-10-8-32)13-20(28)19-12-18(14-30-15(19)2)31-23(33)16-5-4-6-17(11-16)24(25,26)27/h4-6,11-14H,3,7-10,28-29H2,1-2H3,(H,31,33)/b20-13-,22-21-. The number of aryl methyl sites for hydroxylation is 1. The lowest BCUT2D eigenvalue weighted by Crippen LogP contribution is -2.37. The molecular weight excluding hydrogens is 463 g/mol. The lowest BCUT2D eigenvalue weighted by atomic mass is 10.1. The van der Waals surface area contributed by atoms with Gasteiger partial charge in [0.2, 0.25) is 5.88 Å². The first kappa shape index (κ1) is 25.9. The minimum absolute atomic E-state index is 0.132. The van der Waals surface area contributed by atoms with E-state index in [0.717, 1.165) is 12.1 Å². The first-order valence-electron chi connectivity index (χ1n) is 11.0. The number of allylic oxidation sites excluding steroid dienone is 1. The van der Waals surface area contributed by atoms with Gasteiger partial charge < -0.3 is 31.2 Å². The summed E-state index contributed by atoms with van der Waals surface area (Å²) in [5.41, 5.74) is 13.8. The molecule has 1 aliphatic rings. The predicted molar refractivity (Wildman–Crippen MR) is 126 cm³/mol. The van der Waals surface area contributed by atoms with Crippen molar-refractivity contribution in [1.82, 2.24) is 9.88 Å². The van der Waals surface area contributed by atoms with E-state index >= 15 is 0 Å². The van der Waals surface area contributed by atoms with Crippen molar-refractivity contribution in [3.8, 4) is 0 Å². The average molecular weight is 492 g/mol. The van der Waals surface area contributed by atoms with E-state index in [1.807, 2.05) is 11.8 Å². The SMILES string of the molecule is CCO/C(N)=C(/C=C(\N)c1cc(NC(=O)c2cccc(C(F)(F)F)c2)cnc1C)N1CCOCC1. The van der Waals surface area contributed by atoms with Gasteiger partial charge >= 0.3 is 6.18 Å². The van der Waals surface area contributed by atoms with Gasteiger partial charge in [-0.15, -0.1) is 0 Å². The van der Waals surface area contributed by atoms with Crippen LogP contribution in [0, 0.1) is 6.92 Å². The molecule has 35 heavy (non-hydrogen) atoms. The first-order valence-corrected chi connectivity index (χ1v) is 11.0. The zero-order chi connectivity index (χ0) is 25.6. The number of hydrogen-bond acceptors (Lipinski definition) is 7. The van der Waals surface area contributed by atoms with Gasteiger partial charge in [0.05, 0.1) is 43.0 Å². The number of nitrogens with zero attached hydrogens (tertiary/aromatic N) is 2. The first-order chi connectivity index (χ1) is 16.6. The molecule has 2 heterocycles. The molecule has 2 aromatic rings. The topological polar surface area (TPSA) is 116 Å². The highest BCUT2D eigenvalue weighted by molar-refractivity contribution is 6.04. The van der Waals surface area contributed by atoms with Crippen LogP contribution in [0.4, 0.5) is 18.9 Å². The van der Waals surface area contributed by atoms with Crippen molar-refractivity contribution in [3.63, 3.8) is 0 Å². The third-order valence-electron chi connectivity index (χ3n) is 5.30. The third-order valence-corrected chi connectivity index (χ3v) is 5.30. The number of alkyl halides is 3. The van der Waals surface area contributed by atoms with Crippen LogP contribution in [0.2, 0.25) is 0 Å². The normalized spacial score (nSPS) is 15.5. The molecule has 5 N–H and O–H groups in total. The van der Waals surface area contributed by atoms with E-state index in [9.17, 15) is 18.0 Å². The van der Waals surface area contributed by atoms with Gasteiger partial charge in [-0.2, -0.15) is 13.2 Å². The maximum Gasteiger partial charge on any atom is 0.416 e. The number of aromatic nitrogens is 1. The maximum absolute atomic E-state index is 13.0. The molecule has 1 aromatic heterocycles. The maximum atomic E-state index is 13.0. The summed E-state index contributed by atoms with van der Waals surface area (Å²) in [5.74, 6) is -0.485. The van der Waals surface area contributed by atoms with Gasteiger partial charge in [0, 0.05) is 35.6 Å². The molecule has 0 saturated carbocycles. The largest absolute Gasteiger partial charge is 0.478 e. The van der Waals surface area contributed by atoms with E-state index in [2.05, 4.69) is 10.3 Å². The van der Waals surface area contributed by atoms with Crippen LogP contribution in [-0.2, 0) is 15.7 Å². The van der Waals surface area contributed by atoms with E-state index in [4.69, 9.17) is 20.9 Å². The number of halogens is 3. The molecular formula is C24H28F3N5O3. The van der Waals surface area contributed by atoms with Crippen molar-refractivity contribution in [2.45, 2.75) is 20.0 Å². The van der Waals surface area contributed by atoms with Crippen molar-refractivity contribution in [2.75, 3.05) is 38.2 Å².